The Morgan fingerprint density at radius 2 is 1.71 bits per heavy atom. The van der Waals surface area contributed by atoms with Gasteiger partial charge in [0, 0.05) is 16.9 Å². The first-order valence-electron chi connectivity index (χ1n) is 11.7. The van der Waals surface area contributed by atoms with Crippen molar-refractivity contribution in [1.82, 2.24) is 0 Å². The first-order chi connectivity index (χ1) is 16.1. The molecule has 0 bridgehead atoms. The van der Waals surface area contributed by atoms with E-state index in [2.05, 4.69) is 46.0 Å². The second-order valence-corrected chi connectivity index (χ2v) is 11.1. The molecule has 5 heteroatoms. The fourth-order valence-electron chi connectivity index (χ4n) is 4.22. The summed E-state index contributed by atoms with van der Waals surface area (Å²) in [6, 6.07) is 23.7. The molecule has 34 heavy (non-hydrogen) atoms. The van der Waals surface area contributed by atoms with E-state index in [0.29, 0.717) is 17.2 Å². The Kier molecular flexibility index (Phi) is 6.85. The molecular formula is C29H32N2O2S. The van der Waals surface area contributed by atoms with Gasteiger partial charge in [0.25, 0.3) is 5.91 Å². The molecule has 3 aromatic carbocycles. The van der Waals surface area contributed by atoms with E-state index >= 15 is 0 Å². The number of anilines is 2. The summed E-state index contributed by atoms with van der Waals surface area (Å²) in [7, 11) is 0. The van der Waals surface area contributed by atoms with Crippen LogP contribution < -0.4 is 10.2 Å². The third kappa shape index (κ3) is 5.05. The van der Waals surface area contributed by atoms with Crippen molar-refractivity contribution in [2.75, 3.05) is 16.0 Å². The van der Waals surface area contributed by atoms with Crippen LogP contribution >= 0.6 is 11.8 Å². The van der Waals surface area contributed by atoms with Crippen LogP contribution in [0.5, 0.6) is 0 Å². The Morgan fingerprint density at radius 3 is 2.38 bits per heavy atom. The molecular weight excluding hydrogens is 440 g/mol. The average molecular weight is 473 g/mol. The maximum atomic E-state index is 12.9. The Labute approximate surface area is 206 Å². The number of para-hydroxylation sites is 1. The SMILES string of the molecule is CC(C)c1ccccc1N1C(=O)CS[C@H]1c1cccc(NC(=O)c2ccc(C(C)(C)C)cc2)c1. The van der Waals surface area contributed by atoms with Crippen LogP contribution in [0, 0.1) is 0 Å². The predicted molar refractivity (Wildman–Crippen MR) is 143 cm³/mol. The summed E-state index contributed by atoms with van der Waals surface area (Å²) in [5, 5.41) is 2.89. The Hall–Kier alpha value is -3.05. The number of hydrogen-bond acceptors (Lipinski definition) is 3. The van der Waals surface area contributed by atoms with E-state index in [-0.39, 0.29) is 22.6 Å². The molecule has 1 heterocycles. The van der Waals surface area contributed by atoms with E-state index in [0.717, 1.165) is 22.5 Å². The van der Waals surface area contributed by atoms with Crippen molar-refractivity contribution >= 4 is 35.0 Å². The molecule has 4 rings (SSSR count). The zero-order valence-electron chi connectivity index (χ0n) is 20.5. The van der Waals surface area contributed by atoms with E-state index in [1.807, 2.05) is 71.6 Å². The second-order valence-electron chi connectivity index (χ2n) is 10.0. The van der Waals surface area contributed by atoms with Crippen LogP contribution in [0.25, 0.3) is 0 Å². The van der Waals surface area contributed by atoms with E-state index in [1.54, 1.807) is 11.8 Å². The second kappa shape index (κ2) is 9.67. The molecule has 0 spiro atoms. The number of rotatable bonds is 5. The minimum atomic E-state index is -0.144. The number of nitrogens with one attached hydrogen (secondary N) is 1. The molecule has 3 aromatic rings. The van der Waals surface area contributed by atoms with Gasteiger partial charge in [-0.15, -0.1) is 11.8 Å². The zero-order valence-corrected chi connectivity index (χ0v) is 21.3. The highest BCUT2D eigenvalue weighted by atomic mass is 32.2. The molecule has 0 aliphatic carbocycles. The molecule has 0 aromatic heterocycles. The van der Waals surface area contributed by atoms with Crippen molar-refractivity contribution in [3.63, 3.8) is 0 Å². The molecule has 1 fully saturated rings. The lowest BCUT2D eigenvalue weighted by atomic mass is 9.87. The molecule has 1 atom stereocenters. The van der Waals surface area contributed by atoms with Gasteiger partial charge in [0.05, 0.1) is 5.75 Å². The third-order valence-corrected chi connectivity index (χ3v) is 7.34. The van der Waals surface area contributed by atoms with Crippen LogP contribution in [-0.2, 0) is 10.2 Å². The summed E-state index contributed by atoms with van der Waals surface area (Å²) >= 11 is 1.62. The van der Waals surface area contributed by atoms with Crippen LogP contribution in [0.4, 0.5) is 11.4 Å². The smallest absolute Gasteiger partial charge is 0.255 e. The number of thioether (sulfide) groups is 1. The number of carbonyl (C=O) groups excluding carboxylic acids is 2. The monoisotopic (exact) mass is 472 g/mol. The lowest BCUT2D eigenvalue weighted by molar-refractivity contribution is -0.115. The number of benzene rings is 3. The van der Waals surface area contributed by atoms with Crippen LogP contribution in [0.2, 0.25) is 0 Å². The van der Waals surface area contributed by atoms with Gasteiger partial charge in [-0.25, -0.2) is 0 Å². The van der Waals surface area contributed by atoms with E-state index in [9.17, 15) is 9.59 Å². The maximum Gasteiger partial charge on any atom is 0.255 e. The van der Waals surface area contributed by atoms with Crippen molar-refractivity contribution in [3.8, 4) is 0 Å². The van der Waals surface area contributed by atoms with Crippen molar-refractivity contribution in [3.05, 3.63) is 95.1 Å². The Balaban J connectivity index is 1.57. The largest absolute Gasteiger partial charge is 0.322 e. The van der Waals surface area contributed by atoms with Crippen molar-refractivity contribution in [1.29, 1.82) is 0 Å². The molecule has 0 saturated carbocycles. The van der Waals surface area contributed by atoms with Gasteiger partial charge in [0.15, 0.2) is 0 Å². The van der Waals surface area contributed by atoms with Crippen LogP contribution in [0.3, 0.4) is 0 Å². The highest BCUT2D eigenvalue weighted by Gasteiger charge is 2.35. The van der Waals surface area contributed by atoms with Gasteiger partial charge in [-0.05, 0) is 58.4 Å². The van der Waals surface area contributed by atoms with Gasteiger partial charge < -0.3 is 5.32 Å². The molecule has 1 aliphatic rings. The molecule has 1 aliphatic heterocycles. The Bertz CT molecular complexity index is 1200. The quantitative estimate of drug-likeness (QED) is 0.429. The van der Waals surface area contributed by atoms with Crippen LogP contribution in [0.1, 0.15) is 73.0 Å². The van der Waals surface area contributed by atoms with Gasteiger partial charge >= 0.3 is 0 Å². The van der Waals surface area contributed by atoms with Crippen LogP contribution in [0.15, 0.2) is 72.8 Å². The molecule has 0 unspecified atom stereocenters. The average Bonchev–Trinajstić information content (AvgIpc) is 3.20. The lowest BCUT2D eigenvalue weighted by Gasteiger charge is -2.28. The molecule has 176 valence electrons. The maximum absolute atomic E-state index is 12.9. The first kappa shape index (κ1) is 24.1. The minimum Gasteiger partial charge on any atom is -0.322 e. The minimum absolute atomic E-state index is 0.0415. The molecule has 1 saturated heterocycles. The van der Waals surface area contributed by atoms with Gasteiger partial charge in [-0.3, -0.25) is 14.5 Å². The van der Waals surface area contributed by atoms with Crippen LogP contribution in [-0.4, -0.2) is 17.6 Å². The number of hydrogen-bond donors (Lipinski definition) is 1. The zero-order chi connectivity index (χ0) is 24.5. The summed E-state index contributed by atoms with van der Waals surface area (Å²) in [6.45, 7) is 10.8. The predicted octanol–water partition coefficient (Wildman–Crippen LogP) is 7.14. The summed E-state index contributed by atoms with van der Waals surface area (Å²) in [6.07, 6.45) is 0. The van der Waals surface area contributed by atoms with Gasteiger partial charge in [0.1, 0.15) is 5.37 Å². The van der Waals surface area contributed by atoms with E-state index < -0.39 is 0 Å². The molecule has 0 radical (unpaired) electrons. The molecule has 1 N–H and O–H groups in total. The van der Waals surface area contributed by atoms with Crippen molar-refractivity contribution < 1.29 is 9.59 Å². The standard InChI is InChI=1S/C29H32N2O2S/c1-19(2)24-11-6-7-12-25(24)31-26(32)18-34-28(31)21-9-8-10-23(17-21)30-27(33)20-13-15-22(16-14-20)29(3,4)5/h6-17,19,28H,18H2,1-5H3,(H,30,33)/t28-/m0/s1. The summed E-state index contributed by atoms with van der Waals surface area (Å²) in [4.78, 5) is 27.7. The fourth-order valence-corrected chi connectivity index (χ4v) is 5.38. The summed E-state index contributed by atoms with van der Waals surface area (Å²) in [5.74, 6) is 0.713. The highest BCUT2D eigenvalue weighted by molar-refractivity contribution is 8.00. The van der Waals surface area contributed by atoms with Crippen molar-refractivity contribution in [2.24, 2.45) is 0 Å². The highest BCUT2D eigenvalue weighted by Crippen LogP contribution is 2.44. The van der Waals surface area contributed by atoms with Crippen molar-refractivity contribution in [2.45, 2.75) is 51.3 Å². The van der Waals surface area contributed by atoms with Gasteiger partial charge in [-0.1, -0.05) is 77.1 Å². The molecule has 2 amide bonds. The lowest BCUT2D eigenvalue weighted by Crippen LogP contribution is -2.29. The van der Waals surface area contributed by atoms with E-state index in [4.69, 9.17) is 0 Å². The number of nitrogens with zero attached hydrogens (tertiary/aromatic N) is 1. The fraction of sp³-hybridized carbons (Fsp3) is 0.310. The third-order valence-electron chi connectivity index (χ3n) is 6.13. The summed E-state index contributed by atoms with van der Waals surface area (Å²) < 4.78 is 0. The van der Waals surface area contributed by atoms with E-state index in [1.165, 1.54) is 5.56 Å². The first-order valence-corrected chi connectivity index (χ1v) is 12.7. The number of carbonyl (C=O) groups is 2. The van der Waals surface area contributed by atoms with Gasteiger partial charge in [0.2, 0.25) is 5.91 Å². The molecule has 4 nitrogen and oxygen atoms in total. The normalized spacial score (nSPS) is 16.2. The van der Waals surface area contributed by atoms with Gasteiger partial charge in [-0.2, -0.15) is 0 Å². The number of amides is 2. The topological polar surface area (TPSA) is 49.4 Å². The summed E-state index contributed by atoms with van der Waals surface area (Å²) in [5.41, 5.74) is 5.69. The Morgan fingerprint density at radius 1 is 1.00 bits per heavy atom.